The van der Waals surface area contributed by atoms with Gasteiger partial charge in [0.1, 0.15) is 0 Å². The van der Waals surface area contributed by atoms with Gasteiger partial charge in [-0.1, -0.05) is 17.3 Å². The third kappa shape index (κ3) is 4.43. The van der Waals surface area contributed by atoms with Crippen LogP contribution in [-0.4, -0.2) is 35.9 Å². The molecule has 1 aliphatic heterocycles. The van der Waals surface area contributed by atoms with Gasteiger partial charge in [-0.2, -0.15) is 18.2 Å². The molecule has 0 bridgehead atoms. The first-order valence-corrected chi connectivity index (χ1v) is 6.85. The maximum absolute atomic E-state index is 12.7. The highest BCUT2D eigenvalue weighted by Crippen LogP contribution is 2.31. The van der Waals surface area contributed by atoms with Crippen molar-refractivity contribution in [2.75, 3.05) is 19.7 Å². The molecule has 126 valence electrons. The summed E-state index contributed by atoms with van der Waals surface area (Å²) in [4.78, 5) is 4.14. The van der Waals surface area contributed by atoms with Gasteiger partial charge in [0.05, 0.1) is 24.7 Å². The van der Waals surface area contributed by atoms with Gasteiger partial charge in [0.2, 0.25) is 11.7 Å². The van der Waals surface area contributed by atoms with Crippen molar-refractivity contribution >= 4 is 12.4 Å². The molecule has 0 radical (unpaired) electrons. The molecule has 1 aromatic carbocycles. The molecule has 1 N–H and O–H groups in total. The van der Waals surface area contributed by atoms with Crippen LogP contribution in [0.4, 0.5) is 13.2 Å². The van der Waals surface area contributed by atoms with E-state index in [2.05, 4.69) is 15.5 Å². The Labute approximate surface area is 136 Å². The minimum absolute atomic E-state index is 0. The molecule has 1 aliphatic rings. The molecule has 0 amide bonds. The van der Waals surface area contributed by atoms with E-state index in [0.717, 1.165) is 18.7 Å². The smallest absolute Gasteiger partial charge is 0.375 e. The van der Waals surface area contributed by atoms with Crippen molar-refractivity contribution in [2.24, 2.45) is 0 Å². The number of benzene rings is 1. The zero-order valence-electron chi connectivity index (χ0n) is 12.0. The van der Waals surface area contributed by atoms with Crippen molar-refractivity contribution in [1.82, 2.24) is 15.5 Å². The standard InChI is InChI=1S/C14H14F3N3O2.ClH/c15-14(16,17)10-3-1-2-9(6-10)13-19-12(22-20-13)7-11-8-18-4-5-21-11;/h1-3,6,11,18H,4-5,7-8H2;1H. The highest BCUT2D eigenvalue weighted by Gasteiger charge is 2.30. The van der Waals surface area contributed by atoms with Gasteiger partial charge in [-0.15, -0.1) is 12.4 Å². The Bertz CT molecular complexity index is 642. The number of ether oxygens (including phenoxy) is 1. The van der Waals surface area contributed by atoms with Crippen molar-refractivity contribution in [3.63, 3.8) is 0 Å². The molecule has 0 aliphatic carbocycles. The van der Waals surface area contributed by atoms with Crippen LogP contribution in [0.2, 0.25) is 0 Å². The van der Waals surface area contributed by atoms with Crippen molar-refractivity contribution in [2.45, 2.75) is 18.7 Å². The average molecular weight is 350 g/mol. The predicted octanol–water partition coefficient (Wildman–Crippen LogP) is 2.71. The van der Waals surface area contributed by atoms with Gasteiger partial charge in [-0.25, -0.2) is 0 Å². The van der Waals surface area contributed by atoms with E-state index in [-0.39, 0.29) is 29.9 Å². The number of nitrogens with one attached hydrogen (secondary N) is 1. The molecule has 9 heteroatoms. The second kappa shape index (κ2) is 7.29. The van der Waals surface area contributed by atoms with Gasteiger partial charge >= 0.3 is 6.18 Å². The predicted molar refractivity (Wildman–Crippen MR) is 78.3 cm³/mol. The van der Waals surface area contributed by atoms with E-state index >= 15 is 0 Å². The topological polar surface area (TPSA) is 60.2 Å². The number of alkyl halides is 3. The number of rotatable bonds is 3. The lowest BCUT2D eigenvalue weighted by Crippen LogP contribution is -2.39. The number of aromatic nitrogens is 2. The molecule has 1 unspecified atom stereocenters. The van der Waals surface area contributed by atoms with Crippen LogP contribution in [0.3, 0.4) is 0 Å². The Kier molecular flexibility index (Phi) is 5.61. The Morgan fingerprint density at radius 3 is 2.83 bits per heavy atom. The van der Waals surface area contributed by atoms with Crippen LogP contribution in [0.15, 0.2) is 28.8 Å². The summed E-state index contributed by atoms with van der Waals surface area (Å²) < 4.78 is 48.7. The van der Waals surface area contributed by atoms with Crippen LogP contribution in [-0.2, 0) is 17.3 Å². The van der Waals surface area contributed by atoms with Crippen LogP contribution in [0.1, 0.15) is 11.5 Å². The zero-order valence-corrected chi connectivity index (χ0v) is 12.8. The quantitative estimate of drug-likeness (QED) is 0.923. The summed E-state index contributed by atoms with van der Waals surface area (Å²) in [5.41, 5.74) is -0.469. The summed E-state index contributed by atoms with van der Waals surface area (Å²) in [6.07, 6.45) is -4.04. The van der Waals surface area contributed by atoms with Crippen LogP contribution in [0.25, 0.3) is 11.4 Å². The summed E-state index contributed by atoms with van der Waals surface area (Å²) in [6, 6.07) is 4.85. The van der Waals surface area contributed by atoms with Crippen LogP contribution in [0, 0.1) is 0 Å². The molecule has 2 aromatic rings. The molecule has 3 rings (SSSR count). The Morgan fingerprint density at radius 2 is 2.13 bits per heavy atom. The fraction of sp³-hybridized carbons (Fsp3) is 0.429. The highest BCUT2D eigenvalue weighted by atomic mass is 35.5. The fourth-order valence-corrected chi connectivity index (χ4v) is 2.24. The molecular weight excluding hydrogens is 335 g/mol. The lowest BCUT2D eigenvalue weighted by molar-refractivity contribution is -0.137. The highest BCUT2D eigenvalue weighted by molar-refractivity contribution is 5.85. The van der Waals surface area contributed by atoms with Crippen molar-refractivity contribution in [1.29, 1.82) is 0 Å². The van der Waals surface area contributed by atoms with E-state index in [0.29, 0.717) is 25.5 Å². The zero-order chi connectivity index (χ0) is 15.6. The monoisotopic (exact) mass is 349 g/mol. The largest absolute Gasteiger partial charge is 0.416 e. The maximum atomic E-state index is 12.7. The minimum atomic E-state index is -4.40. The lowest BCUT2D eigenvalue weighted by atomic mass is 10.1. The van der Waals surface area contributed by atoms with Gasteiger partial charge in [0.25, 0.3) is 0 Å². The molecule has 1 aromatic heterocycles. The van der Waals surface area contributed by atoms with Crippen LogP contribution < -0.4 is 5.32 Å². The summed E-state index contributed by atoms with van der Waals surface area (Å²) in [6.45, 7) is 2.09. The van der Waals surface area contributed by atoms with Gasteiger partial charge in [0.15, 0.2) is 0 Å². The molecule has 0 saturated carbocycles. The number of nitrogens with zero attached hydrogens (tertiary/aromatic N) is 2. The van der Waals surface area contributed by atoms with Crippen LogP contribution >= 0.6 is 12.4 Å². The molecule has 23 heavy (non-hydrogen) atoms. The third-order valence-electron chi connectivity index (χ3n) is 3.32. The summed E-state index contributed by atoms with van der Waals surface area (Å²) in [5, 5.41) is 6.92. The van der Waals surface area contributed by atoms with Crippen molar-refractivity contribution < 1.29 is 22.4 Å². The van der Waals surface area contributed by atoms with E-state index in [1.165, 1.54) is 12.1 Å². The third-order valence-corrected chi connectivity index (χ3v) is 3.32. The second-order valence-corrected chi connectivity index (χ2v) is 4.99. The lowest BCUT2D eigenvalue weighted by Gasteiger charge is -2.21. The first-order valence-electron chi connectivity index (χ1n) is 6.85. The summed E-state index contributed by atoms with van der Waals surface area (Å²) >= 11 is 0. The Balaban J connectivity index is 0.00000192. The molecule has 0 spiro atoms. The molecule has 5 nitrogen and oxygen atoms in total. The normalized spacial score (nSPS) is 18.5. The Morgan fingerprint density at radius 1 is 1.30 bits per heavy atom. The number of halogens is 4. The SMILES string of the molecule is Cl.FC(F)(F)c1cccc(-c2noc(CC3CNCCO3)n2)c1. The molecule has 2 heterocycles. The number of hydrogen-bond donors (Lipinski definition) is 1. The second-order valence-electron chi connectivity index (χ2n) is 4.99. The maximum Gasteiger partial charge on any atom is 0.416 e. The first kappa shape index (κ1) is 17.7. The Hall–Kier alpha value is -1.64. The van der Waals surface area contributed by atoms with Gasteiger partial charge in [-0.3, -0.25) is 0 Å². The van der Waals surface area contributed by atoms with E-state index in [9.17, 15) is 13.2 Å². The molecule has 1 fully saturated rings. The molecule has 1 saturated heterocycles. The number of morpholine rings is 1. The molecular formula is C14H15ClF3N3O2. The van der Waals surface area contributed by atoms with E-state index in [1.807, 2.05) is 0 Å². The fourth-order valence-electron chi connectivity index (χ4n) is 2.24. The summed E-state index contributed by atoms with van der Waals surface area (Å²) in [7, 11) is 0. The average Bonchev–Trinajstić information content (AvgIpc) is 2.96. The van der Waals surface area contributed by atoms with E-state index < -0.39 is 11.7 Å². The van der Waals surface area contributed by atoms with Gasteiger partial charge < -0.3 is 14.6 Å². The van der Waals surface area contributed by atoms with Crippen LogP contribution in [0.5, 0.6) is 0 Å². The van der Waals surface area contributed by atoms with Crippen molar-refractivity contribution in [3.8, 4) is 11.4 Å². The minimum Gasteiger partial charge on any atom is -0.375 e. The first-order chi connectivity index (χ1) is 10.5. The van der Waals surface area contributed by atoms with Crippen molar-refractivity contribution in [3.05, 3.63) is 35.7 Å². The van der Waals surface area contributed by atoms with Gasteiger partial charge in [0, 0.05) is 18.7 Å². The van der Waals surface area contributed by atoms with Gasteiger partial charge in [-0.05, 0) is 12.1 Å². The summed E-state index contributed by atoms with van der Waals surface area (Å²) in [5.74, 6) is 0.492. The van der Waals surface area contributed by atoms with E-state index in [4.69, 9.17) is 9.26 Å². The molecule has 1 atom stereocenters. The number of hydrogen-bond acceptors (Lipinski definition) is 5. The van der Waals surface area contributed by atoms with E-state index in [1.54, 1.807) is 0 Å².